The van der Waals surface area contributed by atoms with Crippen molar-refractivity contribution in [2.75, 3.05) is 6.54 Å². The third-order valence-electron chi connectivity index (χ3n) is 3.43. The predicted molar refractivity (Wildman–Crippen MR) is 78.2 cm³/mol. The highest BCUT2D eigenvalue weighted by molar-refractivity contribution is 8.93. The molecular weight excluding hydrogens is 332 g/mol. The minimum atomic E-state index is 0. The number of piperidine rings is 1. The first-order valence-electron chi connectivity index (χ1n) is 5.52. The normalized spacial score (nSPS) is 30.0. The summed E-state index contributed by atoms with van der Waals surface area (Å²) >= 11 is 0. The molecule has 90 valence electrons. The highest BCUT2D eigenvalue weighted by Gasteiger charge is 2.28. The van der Waals surface area contributed by atoms with Crippen LogP contribution < -0.4 is 10.6 Å². The smallest absolute Gasteiger partial charge is 0.0515 e. The maximum atomic E-state index is 3.52. The lowest BCUT2D eigenvalue weighted by Gasteiger charge is -2.36. The summed E-state index contributed by atoms with van der Waals surface area (Å²) < 4.78 is 0. The summed E-state index contributed by atoms with van der Waals surface area (Å²) in [5, 5.41) is 6.96. The minimum absolute atomic E-state index is 0. The second kappa shape index (κ2) is 5.92. The Kier molecular flexibility index (Phi) is 5.12. The fourth-order valence-corrected chi connectivity index (χ4v) is 2.65. The third-order valence-corrected chi connectivity index (χ3v) is 3.43. The SMILES string of the molecule is Br.Br.C1=CNC2CC3CCCNC3=CC2=C1. The number of fused-ring (bicyclic) bond motifs is 2. The van der Waals surface area contributed by atoms with Gasteiger partial charge in [0.2, 0.25) is 0 Å². The van der Waals surface area contributed by atoms with E-state index in [9.17, 15) is 0 Å². The molecule has 0 bridgehead atoms. The number of nitrogens with one attached hydrogen (secondary N) is 2. The summed E-state index contributed by atoms with van der Waals surface area (Å²) in [6, 6.07) is 0.564. The summed E-state index contributed by atoms with van der Waals surface area (Å²) in [6.45, 7) is 1.16. The van der Waals surface area contributed by atoms with Crippen molar-refractivity contribution in [2.24, 2.45) is 5.92 Å². The molecule has 0 aromatic heterocycles. The van der Waals surface area contributed by atoms with E-state index < -0.39 is 0 Å². The van der Waals surface area contributed by atoms with E-state index >= 15 is 0 Å². The lowest BCUT2D eigenvalue weighted by Crippen LogP contribution is -2.39. The van der Waals surface area contributed by atoms with E-state index in [0.717, 1.165) is 12.5 Å². The molecule has 0 aromatic carbocycles. The number of dihydropyridines is 1. The lowest BCUT2D eigenvalue weighted by molar-refractivity contribution is 0.376. The van der Waals surface area contributed by atoms with Crippen LogP contribution in [0.3, 0.4) is 0 Å². The molecule has 16 heavy (non-hydrogen) atoms. The first-order valence-corrected chi connectivity index (χ1v) is 5.52. The standard InChI is InChI=1S/C12H16N2.2BrH/c1-3-9-7-12-10(4-2-6-14-12)8-11(9)13-5-1;;/h1,3,5,7,10-11,13-14H,2,4,6,8H2;2*1H. The Morgan fingerprint density at radius 2 is 2.12 bits per heavy atom. The van der Waals surface area contributed by atoms with Crippen molar-refractivity contribution in [1.82, 2.24) is 10.6 Å². The summed E-state index contributed by atoms with van der Waals surface area (Å²) in [5.74, 6) is 0.768. The van der Waals surface area contributed by atoms with E-state index in [0.29, 0.717) is 6.04 Å². The topological polar surface area (TPSA) is 24.1 Å². The van der Waals surface area contributed by atoms with Gasteiger partial charge in [-0.25, -0.2) is 0 Å². The van der Waals surface area contributed by atoms with Crippen LogP contribution in [0.15, 0.2) is 35.7 Å². The highest BCUT2D eigenvalue weighted by Crippen LogP contribution is 2.33. The zero-order valence-corrected chi connectivity index (χ0v) is 12.5. The molecule has 2 nitrogen and oxygen atoms in total. The van der Waals surface area contributed by atoms with Gasteiger partial charge in [-0.3, -0.25) is 0 Å². The van der Waals surface area contributed by atoms with Gasteiger partial charge in [0.25, 0.3) is 0 Å². The first kappa shape index (κ1) is 13.8. The largest absolute Gasteiger partial charge is 0.388 e. The van der Waals surface area contributed by atoms with Crippen LogP contribution >= 0.6 is 34.0 Å². The van der Waals surface area contributed by atoms with Crippen molar-refractivity contribution in [3.05, 3.63) is 35.7 Å². The first-order chi connectivity index (χ1) is 6.93. The molecule has 2 heterocycles. The van der Waals surface area contributed by atoms with Crippen molar-refractivity contribution in [1.29, 1.82) is 0 Å². The lowest BCUT2D eigenvalue weighted by atomic mass is 9.80. The third kappa shape index (κ3) is 2.54. The average molecular weight is 350 g/mol. The number of hydrogen-bond donors (Lipinski definition) is 2. The molecule has 0 radical (unpaired) electrons. The van der Waals surface area contributed by atoms with Gasteiger partial charge < -0.3 is 10.6 Å². The number of hydrogen-bond acceptors (Lipinski definition) is 2. The van der Waals surface area contributed by atoms with Crippen LogP contribution in [-0.2, 0) is 0 Å². The van der Waals surface area contributed by atoms with Gasteiger partial charge in [-0.1, -0.05) is 6.08 Å². The monoisotopic (exact) mass is 348 g/mol. The Labute approximate surface area is 118 Å². The van der Waals surface area contributed by atoms with Crippen molar-refractivity contribution in [2.45, 2.75) is 25.3 Å². The van der Waals surface area contributed by atoms with Gasteiger partial charge in [-0.2, -0.15) is 0 Å². The van der Waals surface area contributed by atoms with Gasteiger partial charge in [0.05, 0.1) is 6.04 Å². The zero-order chi connectivity index (χ0) is 9.38. The van der Waals surface area contributed by atoms with Crippen LogP contribution in [-0.4, -0.2) is 12.6 Å². The minimum Gasteiger partial charge on any atom is -0.388 e. The van der Waals surface area contributed by atoms with Crippen molar-refractivity contribution in [3.8, 4) is 0 Å². The molecule has 3 aliphatic rings. The molecule has 1 aliphatic carbocycles. The molecular formula is C12H18Br2N2. The van der Waals surface area contributed by atoms with Gasteiger partial charge in [0.15, 0.2) is 0 Å². The Hall–Kier alpha value is -0.220. The van der Waals surface area contributed by atoms with Gasteiger partial charge in [0, 0.05) is 18.2 Å². The molecule has 0 aromatic rings. The van der Waals surface area contributed by atoms with Gasteiger partial charge in [0.1, 0.15) is 0 Å². The van der Waals surface area contributed by atoms with Crippen molar-refractivity contribution < 1.29 is 0 Å². The number of halogens is 2. The second-order valence-electron chi connectivity index (χ2n) is 4.35. The van der Waals surface area contributed by atoms with Crippen molar-refractivity contribution >= 4 is 34.0 Å². The second-order valence-corrected chi connectivity index (χ2v) is 4.35. The molecule has 3 rings (SSSR count). The van der Waals surface area contributed by atoms with E-state index in [-0.39, 0.29) is 34.0 Å². The van der Waals surface area contributed by atoms with Gasteiger partial charge >= 0.3 is 0 Å². The molecule has 1 fully saturated rings. The predicted octanol–water partition coefficient (Wildman–Crippen LogP) is 2.84. The zero-order valence-electron chi connectivity index (χ0n) is 9.11. The average Bonchev–Trinajstić information content (AvgIpc) is 2.26. The highest BCUT2D eigenvalue weighted by atomic mass is 79.9. The van der Waals surface area contributed by atoms with Crippen LogP contribution in [0.1, 0.15) is 19.3 Å². The van der Waals surface area contributed by atoms with Gasteiger partial charge in [-0.15, -0.1) is 34.0 Å². The van der Waals surface area contributed by atoms with Crippen LogP contribution in [0.4, 0.5) is 0 Å². The molecule has 2 atom stereocenters. The Morgan fingerprint density at radius 3 is 3.00 bits per heavy atom. The van der Waals surface area contributed by atoms with E-state index in [1.807, 2.05) is 0 Å². The van der Waals surface area contributed by atoms with Gasteiger partial charge in [-0.05, 0) is 43.2 Å². The maximum Gasteiger partial charge on any atom is 0.0515 e. The van der Waals surface area contributed by atoms with E-state index in [2.05, 4.69) is 35.1 Å². The Bertz CT molecular complexity index is 334. The molecule has 0 amide bonds. The van der Waals surface area contributed by atoms with E-state index in [4.69, 9.17) is 0 Å². The number of rotatable bonds is 0. The molecule has 4 heteroatoms. The van der Waals surface area contributed by atoms with E-state index in [1.54, 1.807) is 0 Å². The summed E-state index contributed by atoms with van der Waals surface area (Å²) in [5.41, 5.74) is 2.91. The Balaban J connectivity index is 0.000000640. The number of allylic oxidation sites excluding steroid dienone is 3. The van der Waals surface area contributed by atoms with Crippen LogP contribution in [0, 0.1) is 5.92 Å². The molecule has 1 saturated heterocycles. The fourth-order valence-electron chi connectivity index (χ4n) is 2.65. The van der Waals surface area contributed by atoms with Crippen LogP contribution in [0.5, 0.6) is 0 Å². The molecule has 0 saturated carbocycles. The van der Waals surface area contributed by atoms with Crippen molar-refractivity contribution in [3.63, 3.8) is 0 Å². The van der Waals surface area contributed by atoms with E-state index in [1.165, 1.54) is 30.5 Å². The fraction of sp³-hybridized carbons (Fsp3) is 0.500. The quantitative estimate of drug-likeness (QED) is 0.702. The van der Waals surface area contributed by atoms with Crippen LogP contribution in [0.25, 0.3) is 0 Å². The summed E-state index contributed by atoms with van der Waals surface area (Å²) in [4.78, 5) is 0. The molecule has 2 unspecified atom stereocenters. The summed E-state index contributed by atoms with van der Waals surface area (Å²) in [6.07, 6.45) is 12.6. The maximum absolute atomic E-state index is 3.52. The molecule has 2 N–H and O–H groups in total. The van der Waals surface area contributed by atoms with Crippen LogP contribution in [0.2, 0.25) is 0 Å². The summed E-state index contributed by atoms with van der Waals surface area (Å²) in [7, 11) is 0. The molecule has 2 aliphatic heterocycles. The Morgan fingerprint density at radius 1 is 1.25 bits per heavy atom. The molecule has 0 spiro atoms.